The zero-order chi connectivity index (χ0) is 20.9. The van der Waals surface area contributed by atoms with Crippen molar-refractivity contribution in [3.63, 3.8) is 0 Å². The van der Waals surface area contributed by atoms with Gasteiger partial charge in [-0.15, -0.1) is 0 Å². The van der Waals surface area contributed by atoms with Crippen molar-refractivity contribution in [1.82, 2.24) is 0 Å². The van der Waals surface area contributed by atoms with Crippen LogP contribution in [0.3, 0.4) is 0 Å². The molecule has 1 atom stereocenters. The van der Waals surface area contributed by atoms with Gasteiger partial charge in [-0.05, 0) is 30.3 Å². The number of aliphatic imine (C=N–C) groups is 1. The summed E-state index contributed by atoms with van der Waals surface area (Å²) in [5, 5.41) is 23.2. The normalized spacial score (nSPS) is 19.2. The Labute approximate surface area is 170 Å². The lowest BCUT2D eigenvalue weighted by atomic mass is 9.93. The summed E-state index contributed by atoms with van der Waals surface area (Å²) in [4.78, 5) is 29.5. The van der Waals surface area contributed by atoms with Gasteiger partial charge in [-0.25, -0.2) is 0 Å². The van der Waals surface area contributed by atoms with Crippen molar-refractivity contribution in [2.75, 3.05) is 11.5 Å². The molecule has 0 saturated carbocycles. The van der Waals surface area contributed by atoms with Crippen LogP contribution in [-0.4, -0.2) is 28.8 Å². The van der Waals surface area contributed by atoms with E-state index in [0.29, 0.717) is 34.7 Å². The SMILES string of the molecule is O=C1c2ccccc2C(O)(c2ccc3c(c2)N=CCO3)N1c1cccc([N+](=O)[O-])c1. The Balaban J connectivity index is 1.74. The molecule has 3 aromatic carbocycles. The highest BCUT2D eigenvalue weighted by Crippen LogP contribution is 2.47. The van der Waals surface area contributed by atoms with Crippen LogP contribution in [0.1, 0.15) is 21.5 Å². The number of non-ortho nitro benzene ring substituents is 1. The number of carbonyl (C=O) groups is 1. The molecule has 0 radical (unpaired) electrons. The molecular formula is C22H15N3O5. The van der Waals surface area contributed by atoms with Crippen molar-refractivity contribution in [2.45, 2.75) is 5.72 Å². The molecule has 8 nitrogen and oxygen atoms in total. The van der Waals surface area contributed by atoms with E-state index in [2.05, 4.69) is 4.99 Å². The largest absolute Gasteiger partial charge is 0.486 e. The molecule has 8 heteroatoms. The zero-order valence-electron chi connectivity index (χ0n) is 15.6. The lowest BCUT2D eigenvalue weighted by Crippen LogP contribution is -2.45. The third-order valence-electron chi connectivity index (χ3n) is 5.26. The van der Waals surface area contributed by atoms with Crippen LogP contribution in [0.15, 0.2) is 71.7 Å². The van der Waals surface area contributed by atoms with E-state index in [9.17, 15) is 20.0 Å². The Morgan fingerprint density at radius 2 is 1.93 bits per heavy atom. The average Bonchev–Trinajstić information content (AvgIpc) is 3.01. The van der Waals surface area contributed by atoms with Gasteiger partial charge in [0.15, 0.2) is 5.72 Å². The van der Waals surface area contributed by atoms with Crippen LogP contribution in [-0.2, 0) is 5.72 Å². The number of nitro benzene ring substituents is 1. The molecule has 0 saturated heterocycles. The summed E-state index contributed by atoms with van der Waals surface area (Å²) in [6.45, 7) is 0.359. The first-order valence-corrected chi connectivity index (χ1v) is 9.21. The van der Waals surface area contributed by atoms with Gasteiger partial charge in [0.1, 0.15) is 18.0 Å². The maximum atomic E-state index is 13.3. The van der Waals surface area contributed by atoms with Crippen LogP contribution in [0.5, 0.6) is 5.75 Å². The van der Waals surface area contributed by atoms with Gasteiger partial charge in [-0.3, -0.25) is 24.8 Å². The summed E-state index contributed by atoms with van der Waals surface area (Å²) in [7, 11) is 0. The van der Waals surface area contributed by atoms with E-state index in [0.717, 1.165) is 0 Å². The molecule has 0 aromatic heterocycles. The lowest BCUT2D eigenvalue weighted by molar-refractivity contribution is -0.384. The van der Waals surface area contributed by atoms with Gasteiger partial charge in [-0.2, -0.15) is 0 Å². The smallest absolute Gasteiger partial charge is 0.271 e. The monoisotopic (exact) mass is 401 g/mol. The number of fused-ring (bicyclic) bond motifs is 2. The lowest BCUT2D eigenvalue weighted by Gasteiger charge is -2.35. The van der Waals surface area contributed by atoms with Gasteiger partial charge in [-0.1, -0.05) is 24.3 Å². The molecule has 1 amide bonds. The first-order valence-electron chi connectivity index (χ1n) is 9.21. The molecule has 0 fully saturated rings. The predicted molar refractivity (Wildman–Crippen MR) is 109 cm³/mol. The highest BCUT2D eigenvalue weighted by Gasteiger charge is 2.51. The Bertz CT molecular complexity index is 1240. The standard InChI is InChI=1S/C22H15N3O5/c26-21-17-6-1-2-7-18(17)22(27,14-8-9-20-19(12-14)23-10-11-30-20)24(21)15-4-3-5-16(13-15)25(28)29/h1-10,12-13,27H,11H2. The highest BCUT2D eigenvalue weighted by atomic mass is 16.6. The number of rotatable bonds is 3. The van der Waals surface area contributed by atoms with Gasteiger partial charge in [0.2, 0.25) is 0 Å². The topological polar surface area (TPSA) is 105 Å². The fraction of sp³-hybridized carbons (Fsp3) is 0.0909. The van der Waals surface area contributed by atoms with Crippen LogP contribution in [0.2, 0.25) is 0 Å². The maximum Gasteiger partial charge on any atom is 0.271 e. The minimum atomic E-state index is -1.87. The van der Waals surface area contributed by atoms with Crippen molar-refractivity contribution in [3.8, 4) is 5.75 Å². The Morgan fingerprint density at radius 3 is 2.77 bits per heavy atom. The van der Waals surface area contributed by atoms with Crippen LogP contribution in [0.25, 0.3) is 0 Å². The molecule has 5 rings (SSSR count). The van der Waals surface area contributed by atoms with Gasteiger partial charge < -0.3 is 9.84 Å². The summed E-state index contributed by atoms with van der Waals surface area (Å²) in [6, 6.07) is 17.4. The van der Waals surface area contributed by atoms with E-state index in [-0.39, 0.29) is 11.4 Å². The number of benzene rings is 3. The molecule has 1 N–H and O–H groups in total. The quantitative estimate of drug-likeness (QED) is 0.534. The van der Waals surface area contributed by atoms with Crippen molar-refractivity contribution in [1.29, 1.82) is 0 Å². The Morgan fingerprint density at radius 1 is 1.10 bits per heavy atom. The van der Waals surface area contributed by atoms with E-state index in [1.165, 1.54) is 23.1 Å². The third kappa shape index (κ3) is 2.51. The fourth-order valence-corrected chi connectivity index (χ4v) is 3.92. The van der Waals surface area contributed by atoms with Crippen molar-refractivity contribution in [2.24, 2.45) is 4.99 Å². The summed E-state index contributed by atoms with van der Waals surface area (Å²) >= 11 is 0. The summed E-state index contributed by atoms with van der Waals surface area (Å²) in [5.74, 6) is 0.121. The Kier molecular flexibility index (Phi) is 3.90. The molecule has 2 heterocycles. The maximum absolute atomic E-state index is 13.3. The molecular weight excluding hydrogens is 386 g/mol. The molecule has 30 heavy (non-hydrogen) atoms. The van der Waals surface area contributed by atoms with Crippen LogP contribution < -0.4 is 9.64 Å². The first kappa shape index (κ1) is 18.0. The van der Waals surface area contributed by atoms with Crippen LogP contribution in [0, 0.1) is 10.1 Å². The van der Waals surface area contributed by atoms with E-state index in [1.54, 1.807) is 54.7 Å². The minimum absolute atomic E-state index is 0.179. The molecule has 148 valence electrons. The number of nitro groups is 1. The second kappa shape index (κ2) is 6.50. The average molecular weight is 401 g/mol. The van der Waals surface area contributed by atoms with Crippen molar-refractivity contribution in [3.05, 3.63) is 93.5 Å². The molecule has 1 unspecified atom stereocenters. The van der Waals surface area contributed by atoms with Gasteiger partial charge >= 0.3 is 0 Å². The van der Waals surface area contributed by atoms with Gasteiger partial charge in [0.25, 0.3) is 11.6 Å². The number of aliphatic hydroxyl groups is 1. The Hall–Kier alpha value is -4.04. The second-order valence-corrected chi connectivity index (χ2v) is 6.94. The summed E-state index contributed by atoms with van der Waals surface area (Å²) in [5.41, 5.74) is -0.194. The first-order chi connectivity index (χ1) is 14.5. The number of hydrogen-bond acceptors (Lipinski definition) is 6. The molecule has 2 aliphatic rings. The molecule has 3 aromatic rings. The second-order valence-electron chi connectivity index (χ2n) is 6.94. The van der Waals surface area contributed by atoms with E-state index in [4.69, 9.17) is 4.74 Å². The molecule has 2 aliphatic heterocycles. The van der Waals surface area contributed by atoms with Gasteiger partial charge in [0.05, 0.1) is 10.6 Å². The van der Waals surface area contributed by atoms with Gasteiger partial charge in [0, 0.05) is 35.0 Å². The molecule has 0 spiro atoms. The third-order valence-corrected chi connectivity index (χ3v) is 5.26. The minimum Gasteiger partial charge on any atom is -0.486 e. The predicted octanol–water partition coefficient (Wildman–Crippen LogP) is 3.54. The van der Waals surface area contributed by atoms with E-state index in [1.807, 2.05) is 0 Å². The number of ether oxygens (including phenoxy) is 1. The number of anilines is 1. The number of hydrogen-bond donors (Lipinski definition) is 1. The van der Waals surface area contributed by atoms with Crippen LogP contribution >= 0.6 is 0 Å². The van der Waals surface area contributed by atoms with Crippen molar-refractivity contribution >= 4 is 29.2 Å². The summed E-state index contributed by atoms with van der Waals surface area (Å²) in [6.07, 6.45) is 1.61. The number of carbonyl (C=O) groups excluding carboxylic acids is 1. The van der Waals surface area contributed by atoms with Crippen molar-refractivity contribution < 1.29 is 19.6 Å². The highest BCUT2D eigenvalue weighted by molar-refractivity contribution is 6.12. The zero-order valence-corrected chi connectivity index (χ0v) is 15.6. The van der Waals surface area contributed by atoms with E-state index >= 15 is 0 Å². The van der Waals surface area contributed by atoms with Crippen LogP contribution in [0.4, 0.5) is 17.1 Å². The van der Waals surface area contributed by atoms with E-state index < -0.39 is 16.6 Å². The number of nitrogens with zero attached hydrogens (tertiary/aromatic N) is 3. The fourth-order valence-electron chi connectivity index (χ4n) is 3.92. The summed E-state index contributed by atoms with van der Waals surface area (Å²) < 4.78 is 5.53. The molecule has 0 aliphatic carbocycles. The molecule has 0 bridgehead atoms. The number of amides is 1.